The third-order valence-corrected chi connectivity index (χ3v) is 3.25. The van der Waals surface area contributed by atoms with Gasteiger partial charge in [-0.2, -0.15) is 0 Å². The number of hydrogen-bond acceptors (Lipinski definition) is 3. The molecule has 0 aromatic heterocycles. The highest BCUT2D eigenvalue weighted by molar-refractivity contribution is 5.53. The van der Waals surface area contributed by atoms with Gasteiger partial charge in [0.15, 0.2) is 11.6 Å². The minimum atomic E-state index is -0.966. The Hall–Kier alpha value is -2.14. The zero-order valence-electron chi connectivity index (χ0n) is 11.9. The van der Waals surface area contributed by atoms with Crippen LogP contribution in [0.25, 0.3) is 0 Å². The Balaban J connectivity index is 2.03. The van der Waals surface area contributed by atoms with E-state index in [9.17, 15) is 13.9 Å². The molecule has 1 unspecified atom stereocenters. The number of methoxy groups -OCH3 is 1. The maximum Gasteiger partial charge on any atom is 0.159 e. The summed E-state index contributed by atoms with van der Waals surface area (Å²) in [6, 6.07) is 8.89. The van der Waals surface area contributed by atoms with Crippen LogP contribution in [0.1, 0.15) is 17.2 Å². The Morgan fingerprint density at radius 3 is 2.52 bits per heavy atom. The number of halogens is 2. The molecule has 0 aliphatic heterocycles. The molecule has 3 nitrogen and oxygen atoms in total. The van der Waals surface area contributed by atoms with Crippen molar-refractivity contribution in [1.82, 2.24) is 0 Å². The second-order valence-corrected chi connectivity index (χ2v) is 4.75. The highest BCUT2D eigenvalue weighted by Gasteiger charge is 2.11. The molecule has 0 fully saturated rings. The van der Waals surface area contributed by atoms with E-state index in [0.717, 1.165) is 29.1 Å². The normalized spacial score (nSPS) is 12.0. The van der Waals surface area contributed by atoms with Crippen molar-refractivity contribution in [3.8, 4) is 5.75 Å². The number of rotatable bonds is 5. The highest BCUT2D eigenvalue weighted by atomic mass is 19.2. The molecule has 21 heavy (non-hydrogen) atoms. The summed E-state index contributed by atoms with van der Waals surface area (Å²) in [5.74, 6) is -1.14. The van der Waals surface area contributed by atoms with E-state index in [1.165, 1.54) is 6.07 Å². The fourth-order valence-electron chi connectivity index (χ4n) is 2.01. The van der Waals surface area contributed by atoms with Crippen LogP contribution >= 0.6 is 0 Å². The Morgan fingerprint density at radius 2 is 1.90 bits per heavy atom. The number of anilines is 1. The summed E-state index contributed by atoms with van der Waals surface area (Å²) in [4.78, 5) is 0. The Kier molecular flexibility index (Phi) is 4.75. The number of hydrogen-bond donors (Lipinski definition) is 2. The predicted octanol–water partition coefficient (Wildman–Crippen LogP) is 3.43. The number of aliphatic hydroxyl groups excluding tert-OH is 1. The van der Waals surface area contributed by atoms with Crippen LogP contribution in [0.3, 0.4) is 0 Å². The van der Waals surface area contributed by atoms with E-state index in [1.54, 1.807) is 13.2 Å². The van der Waals surface area contributed by atoms with E-state index < -0.39 is 17.7 Å². The van der Waals surface area contributed by atoms with E-state index in [-0.39, 0.29) is 6.54 Å². The van der Waals surface area contributed by atoms with Crippen molar-refractivity contribution >= 4 is 5.69 Å². The van der Waals surface area contributed by atoms with Crippen LogP contribution in [0, 0.1) is 18.6 Å². The van der Waals surface area contributed by atoms with Gasteiger partial charge in [-0.15, -0.1) is 0 Å². The monoisotopic (exact) mass is 293 g/mol. The van der Waals surface area contributed by atoms with E-state index in [4.69, 9.17) is 4.74 Å². The largest absolute Gasteiger partial charge is 0.497 e. The van der Waals surface area contributed by atoms with Gasteiger partial charge in [-0.05, 0) is 48.4 Å². The predicted molar refractivity (Wildman–Crippen MR) is 77.5 cm³/mol. The van der Waals surface area contributed by atoms with Gasteiger partial charge in [0.1, 0.15) is 5.75 Å². The van der Waals surface area contributed by atoms with Gasteiger partial charge in [0, 0.05) is 12.2 Å². The molecule has 112 valence electrons. The van der Waals surface area contributed by atoms with Crippen LogP contribution in [-0.4, -0.2) is 18.8 Å². The molecule has 1 atom stereocenters. The minimum Gasteiger partial charge on any atom is -0.497 e. The molecular formula is C16H17F2NO2. The van der Waals surface area contributed by atoms with Crippen molar-refractivity contribution in [1.29, 1.82) is 0 Å². The standard InChI is InChI=1S/C16H17F2NO2/c1-10-7-12(21-2)4-6-15(10)19-9-16(20)11-3-5-13(17)14(18)8-11/h3-8,16,19-20H,9H2,1-2H3. The van der Waals surface area contributed by atoms with Crippen LogP contribution in [0.2, 0.25) is 0 Å². The fourth-order valence-corrected chi connectivity index (χ4v) is 2.01. The molecule has 5 heteroatoms. The topological polar surface area (TPSA) is 41.5 Å². The molecule has 0 saturated carbocycles. The van der Waals surface area contributed by atoms with Crippen molar-refractivity contribution in [3.63, 3.8) is 0 Å². The minimum absolute atomic E-state index is 0.193. The number of aryl methyl sites for hydroxylation is 1. The maximum atomic E-state index is 13.1. The lowest BCUT2D eigenvalue weighted by Crippen LogP contribution is -2.13. The van der Waals surface area contributed by atoms with Crippen molar-refractivity contribution < 1.29 is 18.6 Å². The van der Waals surface area contributed by atoms with Gasteiger partial charge in [0.05, 0.1) is 13.2 Å². The van der Waals surface area contributed by atoms with E-state index in [2.05, 4.69) is 5.32 Å². The van der Waals surface area contributed by atoms with Gasteiger partial charge in [-0.1, -0.05) is 6.07 Å². The first-order valence-electron chi connectivity index (χ1n) is 6.53. The molecule has 0 bridgehead atoms. The summed E-state index contributed by atoms with van der Waals surface area (Å²) in [7, 11) is 1.59. The summed E-state index contributed by atoms with van der Waals surface area (Å²) in [6.45, 7) is 2.10. The number of benzene rings is 2. The smallest absolute Gasteiger partial charge is 0.159 e. The maximum absolute atomic E-state index is 13.1. The number of nitrogens with one attached hydrogen (secondary N) is 1. The van der Waals surface area contributed by atoms with Crippen molar-refractivity contribution in [3.05, 3.63) is 59.2 Å². The molecule has 2 aromatic rings. The molecule has 0 amide bonds. The second kappa shape index (κ2) is 6.54. The third kappa shape index (κ3) is 3.70. The van der Waals surface area contributed by atoms with Crippen LogP contribution < -0.4 is 10.1 Å². The molecule has 0 aliphatic carbocycles. The van der Waals surface area contributed by atoms with Crippen molar-refractivity contribution in [2.24, 2.45) is 0 Å². The SMILES string of the molecule is COc1ccc(NCC(O)c2ccc(F)c(F)c2)c(C)c1. The van der Waals surface area contributed by atoms with Crippen molar-refractivity contribution in [2.75, 3.05) is 19.0 Å². The average molecular weight is 293 g/mol. The van der Waals surface area contributed by atoms with Crippen LogP contribution in [0.4, 0.5) is 14.5 Å². The number of ether oxygens (including phenoxy) is 1. The molecule has 0 saturated heterocycles. The van der Waals surface area contributed by atoms with Gasteiger partial charge < -0.3 is 15.2 Å². The van der Waals surface area contributed by atoms with Gasteiger partial charge in [-0.3, -0.25) is 0 Å². The molecule has 0 aliphatic rings. The van der Waals surface area contributed by atoms with Crippen molar-refractivity contribution in [2.45, 2.75) is 13.0 Å². The van der Waals surface area contributed by atoms with E-state index in [1.807, 2.05) is 19.1 Å². The summed E-state index contributed by atoms with van der Waals surface area (Å²) >= 11 is 0. The second-order valence-electron chi connectivity index (χ2n) is 4.75. The Labute approximate surface area is 122 Å². The highest BCUT2D eigenvalue weighted by Crippen LogP contribution is 2.22. The lowest BCUT2D eigenvalue weighted by atomic mass is 10.1. The van der Waals surface area contributed by atoms with Crippen LogP contribution in [0.15, 0.2) is 36.4 Å². The van der Waals surface area contributed by atoms with Gasteiger partial charge in [0.25, 0.3) is 0 Å². The molecule has 0 radical (unpaired) electrons. The quantitative estimate of drug-likeness (QED) is 0.887. The summed E-state index contributed by atoms with van der Waals surface area (Å²) in [5, 5.41) is 13.1. The first kappa shape index (κ1) is 15.3. The summed E-state index contributed by atoms with van der Waals surface area (Å²) in [6.07, 6.45) is -0.929. The number of aliphatic hydroxyl groups is 1. The fraction of sp³-hybridized carbons (Fsp3) is 0.250. The lowest BCUT2D eigenvalue weighted by Gasteiger charge is -2.15. The van der Waals surface area contributed by atoms with Gasteiger partial charge in [-0.25, -0.2) is 8.78 Å². The molecule has 2 N–H and O–H groups in total. The van der Waals surface area contributed by atoms with Gasteiger partial charge in [0.2, 0.25) is 0 Å². The molecular weight excluding hydrogens is 276 g/mol. The zero-order chi connectivity index (χ0) is 15.4. The van der Waals surface area contributed by atoms with Gasteiger partial charge >= 0.3 is 0 Å². The van der Waals surface area contributed by atoms with Crippen LogP contribution in [0.5, 0.6) is 5.75 Å². The molecule has 0 spiro atoms. The van der Waals surface area contributed by atoms with E-state index >= 15 is 0 Å². The summed E-state index contributed by atoms with van der Waals surface area (Å²) < 4.78 is 31.1. The first-order valence-corrected chi connectivity index (χ1v) is 6.53. The average Bonchev–Trinajstić information content (AvgIpc) is 2.48. The van der Waals surface area contributed by atoms with E-state index in [0.29, 0.717) is 5.56 Å². The summed E-state index contributed by atoms with van der Waals surface area (Å²) in [5.41, 5.74) is 2.14. The third-order valence-electron chi connectivity index (χ3n) is 3.25. The Bertz CT molecular complexity index is 632. The van der Waals surface area contributed by atoms with Crippen LogP contribution in [-0.2, 0) is 0 Å². The first-order chi connectivity index (χ1) is 10.0. The Morgan fingerprint density at radius 1 is 1.14 bits per heavy atom. The molecule has 2 rings (SSSR count). The lowest BCUT2D eigenvalue weighted by molar-refractivity contribution is 0.191. The molecule has 2 aromatic carbocycles. The zero-order valence-corrected chi connectivity index (χ0v) is 11.9. The molecule has 0 heterocycles.